The van der Waals surface area contributed by atoms with Gasteiger partial charge in [-0.3, -0.25) is 0 Å². The Kier molecular flexibility index (Phi) is 10.8. The van der Waals surface area contributed by atoms with Crippen molar-refractivity contribution >= 4 is 27.5 Å². The number of rotatable bonds is 13. The fraction of sp³-hybridized carbons (Fsp3) is 0.455. The predicted molar refractivity (Wildman–Crippen MR) is 118 cm³/mol. The minimum atomic E-state index is -0.372. The molecule has 0 fully saturated rings. The van der Waals surface area contributed by atoms with Crippen molar-refractivity contribution in [2.24, 2.45) is 0 Å². The summed E-state index contributed by atoms with van der Waals surface area (Å²) >= 11 is 9.66. The van der Waals surface area contributed by atoms with E-state index in [0.29, 0.717) is 28.6 Å². The molecule has 2 aromatic carbocycles. The average molecular weight is 489 g/mol. The Morgan fingerprint density at radius 2 is 1.86 bits per heavy atom. The number of nitrogens with one attached hydrogen (secondary N) is 1. The van der Waals surface area contributed by atoms with Gasteiger partial charge in [-0.25, -0.2) is 4.39 Å². The van der Waals surface area contributed by atoms with Crippen molar-refractivity contribution < 1.29 is 18.6 Å². The Morgan fingerprint density at radius 3 is 2.59 bits per heavy atom. The molecule has 0 spiro atoms. The van der Waals surface area contributed by atoms with Gasteiger partial charge < -0.3 is 19.5 Å². The molecule has 0 radical (unpaired) electrons. The van der Waals surface area contributed by atoms with Gasteiger partial charge in [-0.2, -0.15) is 0 Å². The Balaban J connectivity index is 1.87. The molecule has 0 aliphatic rings. The third-order valence-corrected chi connectivity index (χ3v) is 5.42. The molecule has 0 amide bonds. The van der Waals surface area contributed by atoms with Gasteiger partial charge in [0.1, 0.15) is 12.4 Å². The van der Waals surface area contributed by atoms with Crippen LogP contribution in [0.1, 0.15) is 37.3 Å². The molecule has 4 nitrogen and oxygen atoms in total. The van der Waals surface area contributed by atoms with Crippen LogP contribution < -0.4 is 14.8 Å². The Labute approximate surface area is 185 Å². The van der Waals surface area contributed by atoms with Crippen LogP contribution in [0, 0.1) is 5.82 Å². The first-order valence-electron chi connectivity index (χ1n) is 9.76. The van der Waals surface area contributed by atoms with E-state index in [1.165, 1.54) is 12.1 Å². The highest BCUT2D eigenvalue weighted by Gasteiger charge is 2.12. The van der Waals surface area contributed by atoms with E-state index in [1.807, 2.05) is 12.1 Å². The SMILES string of the molecule is CCCCOCCCNCc1cc(OC)c(OCc2ccc(F)cc2Cl)cc1Br. The van der Waals surface area contributed by atoms with Gasteiger partial charge in [0.25, 0.3) is 0 Å². The molecule has 160 valence electrons. The largest absolute Gasteiger partial charge is 0.493 e. The monoisotopic (exact) mass is 487 g/mol. The van der Waals surface area contributed by atoms with Crippen LogP contribution in [-0.2, 0) is 17.9 Å². The normalized spacial score (nSPS) is 10.9. The molecule has 0 aliphatic heterocycles. The Bertz CT molecular complexity index is 776. The third kappa shape index (κ3) is 8.13. The van der Waals surface area contributed by atoms with Gasteiger partial charge in [-0.05, 0) is 49.2 Å². The highest BCUT2D eigenvalue weighted by molar-refractivity contribution is 9.10. The maximum absolute atomic E-state index is 13.2. The van der Waals surface area contributed by atoms with Gasteiger partial charge >= 0.3 is 0 Å². The molecule has 7 heteroatoms. The molecule has 0 unspecified atom stereocenters. The maximum atomic E-state index is 13.2. The van der Waals surface area contributed by atoms with E-state index in [0.717, 1.165) is 49.1 Å². The predicted octanol–water partition coefficient (Wildman–Crippen LogP) is 6.13. The second kappa shape index (κ2) is 13.1. The molecule has 0 aromatic heterocycles. The lowest BCUT2D eigenvalue weighted by Gasteiger charge is -2.15. The van der Waals surface area contributed by atoms with Gasteiger partial charge in [0, 0.05) is 29.8 Å². The number of halogens is 3. The van der Waals surface area contributed by atoms with E-state index < -0.39 is 0 Å². The quantitative estimate of drug-likeness (QED) is 0.345. The second-order valence-corrected chi connectivity index (χ2v) is 7.88. The highest BCUT2D eigenvalue weighted by atomic mass is 79.9. The minimum Gasteiger partial charge on any atom is -0.493 e. The first-order chi connectivity index (χ1) is 14.0. The summed E-state index contributed by atoms with van der Waals surface area (Å²) in [5, 5.41) is 3.75. The molecule has 29 heavy (non-hydrogen) atoms. The fourth-order valence-corrected chi connectivity index (χ4v) is 3.33. The molecule has 2 rings (SSSR count). The summed E-state index contributed by atoms with van der Waals surface area (Å²) in [6.45, 7) is 5.57. The summed E-state index contributed by atoms with van der Waals surface area (Å²) in [5.41, 5.74) is 1.78. The second-order valence-electron chi connectivity index (χ2n) is 6.62. The van der Waals surface area contributed by atoms with Crippen LogP contribution in [0.4, 0.5) is 4.39 Å². The van der Waals surface area contributed by atoms with E-state index in [2.05, 4.69) is 28.2 Å². The van der Waals surface area contributed by atoms with Crippen LogP contribution in [0.15, 0.2) is 34.8 Å². The fourth-order valence-electron chi connectivity index (χ4n) is 2.65. The molecule has 0 bridgehead atoms. The molecule has 0 aliphatic carbocycles. The summed E-state index contributed by atoms with van der Waals surface area (Å²) < 4.78 is 31.0. The van der Waals surface area contributed by atoms with Crippen LogP contribution in [-0.4, -0.2) is 26.9 Å². The van der Waals surface area contributed by atoms with E-state index >= 15 is 0 Å². The first kappa shape index (κ1) is 23.9. The van der Waals surface area contributed by atoms with Crippen LogP contribution >= 0.6 is 27.5 Å². The van der Waals surface area contributed by atoms with Gasteiger partial charge in [-0.1, -0.05) is 46.9 Å². The number of benzene rings is 2. The van der Waals surface area contributed by atoms with Gasteiger partial charge in [0.2, 0.25) is 0 Å². The molecule has 0 saturated heterocycles. The molecular weight excluding hydrogens is 461 g/mol. The maximum Gasteiger partial charge on any atom is 0.162 e. The first-order valence-corrected chi connectivity index (χ1v) is 10.9. The van der Waals surface area contributed by atoms with Crippen LogP contribution in [0.25, 0.3) is 0 Å². The highest BCUT2D eigenvalue weighted by Crippen LogP contribution is 2.34. The zero-order chi connectivity index (χ0) is 21.1. The van der Waals surface area contributed by atoms with Crippen molar-refractivity contribution in [3.63, 3.8) is 0 Å². The summed E-state index contributed by atoms with van der Waals surface area (Å²) in [4.78, 5) is 0. The van der Waals surface area contributed by atoms with E-state index in [1.54, 1.807) is 13.2 Å². The Morgan fingerprint density at radius 1 is 1.07 bits per heavy atom. The van der Waals surface area contributed by atoms with Gasteiger partial charge in [-0.15, -0.1) is 0 Å². The van der Waals surface area contributed by atoms with Crippen molar-refractivity contribution in [3.05, 3.63) is 56.8 Å². The zero-order valence-electron chi connectivity index (χ0n) is 16.9. The van der Waals surface area contributed by atoms with E-state index in [4.69, 9.17) is 25.8 Å². The number of unbranched alkanes of at least 4 members (excludes halogenated alkanes) is 1. The third-order valence-electron chi connectivity index (χ3n) is 4.33. The van der Waals surface area contributed by atoms with E-state index in [9.17, 15) is 4.39 Å². The standard InChI is InChI=1S/C22H28BrClFNO3/c1-3-4-9-28-10-5-8-26-14-17-11-21(27-2)22(13-19(17)23)29-15-16-6-7-18(25)12-20(16)24/h6-7,11-13,26H,3-5,8-10,14-15H2,1-2H3. The van der Waals surface area contributed by atoms with E-state index in [-0.39, 0.29) is 12.4 Å². The zero-order valence-corrected chi connectivity index (χ0v) is 19.2. The molecule has 2 aromatic rings. The van der Waals surface area contributed by atoms with Crippen LogP contribution in [0.3, 0.4) is 0 Å². The van der Waals surface area contributed by atoms with Crippen LogP contribution in [0.2, 0.25) is 5.02 Å². The van der Waals surface area contributed by atoms with Crippen LogP contribution in [0.5, 0.6) is 11.5 Å². The molecule has 1 N–H and O–H groups in total. The van der Waals surface area contributed by atoms with Gasteiger partial charge in [0.05, 0.1) is 12.1 Å². The smallest absolute Gasteiger partial charge is 0.162 e. The Hall–Kier alpha value is -1.34. The molecule has 0 heterocycles. The van der Waals surface area contributed by atoms with Crippen molar-refractivity contribution in [1.82, 2.24) is 5.32 Å². The number of ether oxygens (including phenoxy) is 3. The number of hydrogen-bond donors (Lipinski definition) is 1. The van der Waals surface area contributed by atoms with Crippen molar-refractivity contribution in [2.75, 3.05) is 26.9 Å². The van der Waals surface area contributed by atoms with Crippen molar-refractivity contribution in [3.8, 4) is 11.5 Å². The molecule has 0 saturated carbocycles. The van der Waals surface area contributed by atoms with Crippen molar-refractivity contribution in [2.45, 2.75) is 39.3 Å². The van der Waals surface area contributed by atoms with Gasteiger partial charge in [0.15, 0.2) is 11.5 Å². The average Bonchev–Trinajstić information content (AvgIpc) is 2.70. The lowest BCUT2D eigenvalue weighted by atomic mass is 10.2. The number of methoxy groups -OCH3 is 1. The lowest BCUT2D eigenvalue weighted by Crippen LogP contribution is -2.17. The lowest BCUT2D eigenvalue weighted by molar-refractivity contribution is 0.128. The molecular formula is C22H28BrClFNO3. The number of hydrogen-bond acceptors (Lipinski definition) is 4. The minimum absolute atomic E-state index is 0.220. The summed E-state index contributed by atoms with van der Waals surface area (Å²) in [6.07, 6.45) is 3.24. The van der Waals surface area contributed by atoms with Crippen molar-refractivity contribution in [1.29, 1.82) is 0 Å². The summed E-state index contributed by atoms with van der Waals surface area (Å²) in [5.74, 6) is 0.849. The molecule has 0 atom stereocenters. The summed E-state index contributed by atoms with van der Waals surface area (Å²) in [6, 6.07) is 8.07. The topological polar surface area (TPSA) is 39.7 Å². The summed E-state index contributed by atoms with van der Waals surface area (Å²) in [7, 11) is 1.60.